The van der Waals surface area contributed by atoms with E-state index in [1.165, 1.54) is 0 Å². The normalized spacial score (nSPS) is 26.3. The van der Waals surface area contributed by atoms with Crippen LogP contribution in [0.15, 0.2) is 0 Å². The minimum atomic E-state index is -0.240. The zero-order valence-electron chi connectivity index (χ0n) is 5.81. The van der Waals surface area contributed by atoms with E-state index in [-0.39, 0.29) is 5.24 Å². The third-order valence-electron chi connectivity index (χ3n) is 1.70. The van der Waals surface area contributed by atoms with Gasteiger partial charge in [-0.3, -0.25) is 4.79 Å². The van der Waals surface area contributed by atoms with Crippen LogP contribution in [0.5, 0.6) is 0 Å². The molecule has 1 unspecified atom stereocenters. The molecular formula is C7H11ClO2. The summed E-state index contributed by atoms with van der Waals surface area (Å²) in [4.78, 5) is 10.4. The fraction of sp³-hybridized carbons (Fsp3) is 0.857. The number of rotatable bonds is 2. The van der Waals surface area contributed by atoms with Gasteiger partial charge >= 0.3 is 0 Å². The molecule has 0 aromatic carbocycles. The first-order valence-electron chi connectivity index (χ1n) is 3.55. The molecule has 0 saturated carbocycles. The van der Waals surface area contributed by atoms with Crippen molar-refractivity contribution in [2.75, 3.05) is 13.2 Å². The lowest BCUT2D eigenvalue weighted by Crippen LogP contribution is -2.18. The Morgan fingerprint density at radius 1 is 1.70 bits per heavy atom. The Bertz CT molecular complexity index is 119. The van der Waals surface area contributed by atoms with Crippen LogP contribution in [-0.4, -0.2) is 18.5 Å². The van der Waals surface area contributed by atoms with Crippen molar-refractivity contribution in [3.05, 3.63) is 0 Å². The Hall–Kier alpha value is -0.0800. The number of hydrogen-bond donors (Lipinski definition) is 0. The second kappa shape index (κ2) is 3.94. The Morgan fingerprint density at radius 3 is 3.00 bits per heavy atom. The molecule has 0 radical (unpaired) electrons. The van der Waals surface area contributed by atoms with Gasteiger partial charge in [0.1, 0.15) is 0 Å². The minimum Gasteiger partial charge on any atom is -0.381 e. The fourth-order valence-corrected chi connectivity index (χ4v) is 1.41. The molecule has 1 rings (SSSR count). The molecule has 0 spiro atoms. The van der Waals surface area contributed by atoms with Crippen LogP contribution in [0.3, 0.4) is 0 Å². The summed E-state index contributed by atoms with van der Waals surface area (Å²) in [6.45, 7) is 1.55. The van der Waals surface area contributed by atoms with Crippen LogP contribution >= 0.6 is 11.6 Å². The van der Waals surface area contributed by atoms with E-state index in [0.717, 1.165) is 19.4 Å². The molecule has 0 aliphatic carbocycles. The molecule has 0 aromatic heterocycles. The third kappa shape index (κ3) is 2.67. The molecule has 58 valence electrons. The Kier molecular flexibility index (Phi) is 3.16. The van der Waals surface area contributed by atoms with Crippen LogP contribution in [0, 0.1) is 5.92 Å². The molecule has 10 heavy (non-hydrogen) atoms. The first kappa shape index (κ1) is 8.02. The Morgan fingerprint density at radius 2 is 2.50 bits per heavy atom. The van der Waals surface area contributed by atoms with E-state index in [2.05, 4.69) is 0 Å². The second-order valence-electron chi connectivity index (χ2n) is 2.64. The van der Waals surface area contributed by atoms with Gasteiger partial charge in [0, 0.05) is 19.6 Å². The summed E-state index contributed by atoms with van der Waals surface area (Å²) in [5, 5.41) is -0.240. The molecule has 0 bridgehead atoms. The van der Waals surface area contributed by atoms with Gasteiger partial charge < -0.3 is 4.74 Å². The van der Waals surface area contributed by atoms with Gasteiger partial charge in [-0.1, -0.05) is 0 Å². The molecule has 1 atom stereocenters. The number of carbonyl (C=O) groups is 1. The van der Waals surface area contributed by atoms with Crippen molar-refractivity contribution in [3.63, 3.8) is 0 Å². The lowest BCUT2D eigenvalue weighted by molar-refractivity contribution is -0.113. The van der Waals surface area contributed by atoms with E-state index in [4.69, 9.17) is 16.3 Å². The molecule has 2 nitrogen and oxygen atoms in total. The maximum Gasteiger partial charge on any atom is 0.221 e. The fourth-order valence-electron chi connectivity index (χ4n) is 1.20. The van der Waals surface area contributed by atoms with E-state index >= 15 is 0 Å². The summed E-state index contributed by atoms with van der Waals surface area (Å²) >= 11 is 5.22. The minimum absolute atomic E-state index is 0.240. The smallest absolute Gasteiger partial charge is 0.221 e. The zero-order chi connectivity index (χ0) is 7.40. The van der Waals surface area contributed by atoms with Crippen LogP contribution in [0.1, 0.15) is 19.3 Å². The predicted molar refractivity (Wildman–Crippen MR) is 39.0 cm³/mol. The van der Waals surface area contributed by atoms with Crippen molar-refractivity contribution >= 4 is 16.8 Å². The molecule has 1 fully saturated rings. The Labute approximate surface area is 65.5 Å². The van der Waals surface area contributed by atoms with Crippen LogP contribution in [0.2, 0.25) is 0 Å². The highest BCUT2D eigenvalue weighted by molar-refractivity contribution is 6.63. The highest BCUT2D eigenvalue weighted by Gasteiger charge is 2.15. The molecule has 1 aliphatic heterocycles. The first-order chi connectivity index (χ1) is 4.79. The van der Waals surface area contributed by atoms with Gasteiger partial charge in [-0.05, 0) is 30.4 Å². The van der Waals surface area contributed by atoms with Gasteiger partial charge in [0.2, 0.25) is 5.24 Å². The summed E-state index contributed by atoms with van der Waals surface area (Å²) in [6, 6.07) is 0. The van der Waals surface area contributed by atoms with Crippen molar-refractivity contribution in [2.24, 2.45) is 5.92 Å². The van der Waals surface area contributed by atoms with Crippen LogP contribution in [-0.2, 0) is 9.53 Å². The van der Waals surface area contributed by atoms with E-state index in [9.17, 15) is 4.79 Å². The van der Waals surface area contributed by atoms with E-state index < -0.39 is 0 Å². The van der Waals surface area contributed by atoms with E-state index in [1.807, 2.05) is 0 Å². The average molecular weight is 163 g/mol. The number of carbonyl (C=O) groups excluding carboxylic acids is 1. The standard InChI is InChI=1S/C7H11ClO2/c8-7(9)4-6-2-1-3-10-5-6/h6H,1-5H2. The SMILES string of the molecule is O=C(Cl)CC1CCCOC1. The monoisotopic (exact) mass is 162 g/mol. The number of ether oxygens (including phenoxy) is 1. The van der Waals surface area contributed by atoms with Gasteiger partial charge in [0.05, 0.1) is 0 Å². The van der Waals surface area contributed by atoms with E-state index in [0.29, 0.717) is 18.9 Å². The van der Waals surface area contributed by atoms with Crippen LogP contribution in [0.25, 0.3) is 0 Å². The van der Waals surface area contributed by atoms with Crippen LogP contribution < -0.4 is 0 Å². The van der Waals surface area contributed by atoms with Crippen molar-refractivity contribution in [2.45, 2.75) is 19.3 Å². The molecule has 1 saturated heterocycles. The zero-order valence-corrected chi connectivity index (χ0v) is 6.56. The lowest BCUT2D eigenvalue weighted by atomic mass is 10.00. The maximum atomic E-state index is 10.4. The summed E-state index contributed by atoms with van der Waals surface area (Å²) < 4.78 is 5.17. The quantitative estimate of drug-likeness (QED) is 0.577. The highest BCUT2D eigenvalue weighted by Crippen LogP contribution is 2.17. The predicted octanol–water partition coefficient (Wildman–Crippen LogP) is 1.57. The summed E-state index contributed by atoms with van der Waals surface area (Å²) in [5.74, 6) is 0.374. The average Bonchev–Trinajstić information content (AvgIpc) is 1.88. The van der Waals surface area contributed by atoms with Crippen molar-refractivity contribution < 1.29 is 9.53 Å². The topological polar surface area (TPSA) is 26.3 Å². The molecule has 0 amide bonds. The number of hydrogen-bond acceptors (Lipinski definition) is 2. The molecule has 1 aliphatic rings. The van der Waals surface area contributed by atoms with Gasteiger partial charge in [-0.25, -0.2) is 0 Å². The van der Waals surface area contributed by atoms with Gasteiger partial charge in [-0.15, -0.1) is 0 Å². The maximum absolute atomic E-state index is 10.4. The molecule has 0 N–H and O–H groups in total. The molecule has 1 heterocycles. The first-order valence-corrected chi connectivity index (χ1v) is 3.93. The van der Waals surface area contributed by atoms with Crippen LogP contribution in [0.4, 0.5) is 0 Å². The van der Waals surface area contributed by atoms with Gasteiger partial charge in [0.25, 0.3) is 0 Å². The third-order valence-corrected chi connectivity index (χ3v) is 1.86. The van der Waals surface area contributed by atoms with Crippen molar-refractivity contribution in [1.82, 2.24) is 0 Å². The summed E-state index contributed by atoms with van der Waals surface area (Å²) in [7, 11) is 0. The Balaban J connectivity index is 2.19. The van der Waals surface area contributed by atoms with Crippen molar-refractivity contribution in [1.29, 1.82) is 0 Å². The number of halogens is 1. The lowest BCUT2D eigenvalue weighted by Gasteiger charge is -2.19. The molecule has 0 aromatic rings. The molecule has 3 heteroatoms. The van der Waals surface area contributed by atoms with Crippen molar-refractivity contribution in [3.8, 4) is 0 Å². The van der Waals surface area contributed by atoms with Gasteiger partial charge in [-0.2, -0.15) is 0 Å². The van der Waals surface area contributed by atoms with E-state index in [1.54, 1.807) is 0 Å². The highest BCUT2D eigenvalue weighted by atomic mass is 35.5. The van der Waals surface area contributed by atoms with Gasteiger partial charge in [0.15, 0.2) is 0 Å². The summed E-state index contributed by atoms with van der Waals surface area (Å²) in [5.41, 5.74) is 0. The summed E-state index contributed by atoms with van der Waals surface area (Å²) in [6.07, 6.45) is 2.62. The molecular weight excluding hydrogens is 152 g/mol. The largest absolute Gasteiger partial charge is 0.381 e. The second-order valence-corrected chi connectivity index (χ2v) is 3.06.